The van der Waals surface area contributed by atoms with Crippen molar-refractivity contribution in [2.24, 2.45) is 12.8 Å². The molecule has 0 radical (unpaired) electrons. The van der Waals surface area contributed by atoms with E-state index in [0.29, 0.717) is 13.1 Å². The maximum Gasteiger partial charge on any atom is 0.116 e. The second kappa shape index (κ2) is 3.82. The predicted molar refractivity (Wildman–Crippen MR) is 56.0 cm³/mol. The van der Waals surface area contributed by atoms with E-state index < -0.39 is 0 Å². The van der Waals surface area contributed by atoms with E-state index in [1.165, 1.54) is 0 Å². The van der Waals surface area contributed by atoms with E-state index in [1.807, 2.05) is 26.4 Å². The third kappa shape index (κ3) is 1.89. The van der Waals surface area contributed by atoms with Crippen molar-refractivity contribution in [3.8, 4) is 11.3 Å². The van der Waals surface area contributed by atoms with Crippen molar-refractivity contribution in [3.05, 3.63) is 18.1 Å². The summed E-state index contributed by atoms with van der Waals surface area (Å²) in [4.78, 5) is 0. The Labute approximate surface area is 87.7 Å². The molecular weight excluding hydrogens is 192 g/mol. The first kappa shape index (κ1) is 9.85. The molecule has 2 aromatic heterocycles. The van der Waals surface area contributed by atoms with Crippen LogP contribution in [-0.2, 0) is 13.6 Å². The molecule has 2 heterocycles. The molecular formula is C9H14N6. The van der Waals surface area contributed by atoms with E-state index in [4.69, 9.17) is 5.73 Å². The summed E-state index contributed by atoms with van der Waals surface area (Å²) in [5.74, 6) is 0. The van der Waals surface area contributed by atoms with E-state index in [9.17, 15) is 0 Å². The van der Waals surface area contributed by atoms with Gasteiger partial charge in [-0.05, 0) is 6.92 Å². The SMILES string of the molecule is Cc1nn(C)cc1-c1cn(CCN)nn1. The van der Waals surface area contributed by atoms with E-state index in [0.717, 1.165) is 17.0 Å². The number of nitrogens with two attached hydrogens (primary N) is 1. The zero-order valence-electron chi connectivity index (χ0n) is 8.88. The fourth-order valence-electron chi connectivity index (χ4n) is 1.51. The molecule has 0 unspecified atom stereocenters. The van der Waals surface area contributed by atoms with Crippen molar-refractivity contribution in [3.63, 3.8) is 0 Å². The first-order valence-electron chi connectivity index (χ1n) is 4.81. The van der Waals surface area contributed by atoms with Gasteiger partial charge in [-0.15, -0.1) is 5.10 Å². The lowest BCUT2D eigenvalue weighted by Gasteiger charge is -1.93. The normalized spacial score (nSPS) is 10.9. The Balaban J connectivity index is 2.32. The van der Waals surface area contributed by atoms with Crippen LogP contribution in [0.3, 0.4) is 0 Å². The highest BCUT2D eigenvalue weighted by atomic mass is 15.4. The van der Waals surface area contributed by atoms with E-state index in [-0.39, 0.29) is 0 Å². The van der Waals surface area contributed by atoms with Crippen molar-refractivity contribution >= 4 is 0 Å². The summed E-state index contributed by atoms with van der Waals surface area (Å²) in [7, 11) is 1.89. The van der Waals surface area contributed by atoms with Crippen molar-refractivity contribution in [1.29, 1.82) is 0 Å². The molecule has 0 atom stereocenters. The monoisotopic (exact) mass is 206 g/mol. The Kier molecular flexibility index (Phi) is 2.51. The second-order valence-electron chi connectivity index (χ2n) is 3.46. The molecule has 0 fully saturated rings. The van der Waals surface area contributed by atoms with Gasteiger partial charge >= 0.3 is 0 Å². The zero-order chi connectivity index (χ0) is 10.8. The van der Waals surface area contributed by atoms with Gasteiger partial charge in [0.2, 0.25) is 0 Å². The summed E-state index contributed by atoms with van der Waals surface area (Å²) in [5, 5.41) is 12.3. The van der Waals surface area contributed by atoms with Crippen LogP contribution in [-0.4, -0.2) is 31.3 Å². The molecule has 2 N–H and O–H groups in total. The van der Waals surface area contributed by atoms with Crippen LogP contribution in [0.15, 0.2) is 12.4 Å². The average Bonchev–Trinajstić information content (AvgIpc) is 2.73. The highest BCUT2D eigenvalue weighted by Crippen LogP contribution is 2.18. The van der Waals surface area contributed by atoms with Crippen LogP contribution in [0.25, 0.3) is 11.3 Å². The lowest BCUT2D eigenvalue weighted by molar-refractivity contribution is 0.598. The van der Waals surface area contributed by atoms with Crippen molar-refractivity contribution < 1.29 is 0 Å². The summed E-state index contributed by atoms with van der Waals surface area (Å²) >= 11 is 0. The van der Waals surface area contributed by atoms with Crippen LogP contribution in [0.5, 0.6) is 0 Å². The van der Waals surface area contributed by atoms with Gasteiger partial charge < -0.3 is 5.73 Å². The number of aryl methyl sites for hydroxylation is 2. The number of aromatic nitrogens is 5. The summed E-state index contributed by atoms with van der Waals surface area (Å²) in [5.41, 5.74) is 8.25. The fourth-order valence-corrected chi connectivity index (χ4v) is 1.51. The summed E-state index contributed by atoms with van der Waals surface area (Å²) in [6.07, 6.45) is 3.82. The largest absolute Gasteiger partial charge is 0.329 e. The van der Waals surface area contributed by atoms with Crippen molar-refractivity contribution in [2.45, 2.75) is 13.5 Å². The van der Waals surface area contributed by atoms with Gasteiger partial charge in [-0.1, -0.05) is 5.21 Å². The van der Waals surface area contributed by atoms with Crippen LogP contribution in [0, 0.1) is 6.92 Å². The van der Waals surface area contributed by atoms with Gasteiger partial charge in [-0.3, -0.25) is 9.36 Å². The molecule has 0 bridgehead atoms. The maximum absolute atomic E-state index is 5.44. The minimum absolute atomic E-state index is 0.564. The quantitative estimate of drug-likeness (QED) is 0.763. The molecule has 0 spiro atoms. The Morgan fingerprint density at radius 3 is 2.80 bits per heavy atom. The Bertz CT molecular complexity index is 455. The highest BCUT2D eigenvalue weighted by Gasteiger charge is 2.09. The van der Waals surface area contributed by atoms with E-state index in [2.05, 4.69) is 15.4 Å². The van der Waals surface area contributed by atoms with Crippen LogP contribution in [0.1, 0.15) is 5.69 Å². The number of rotatable bonds is 3. The Morgan fingerprint density at radius 2 is 2.20 bits per heavy atom. The smallest absolute Gasteiger partial charge is 0.116 e. The van der Waals surface area contributed by atoms with Crippen LogP contribution in [0.2, 0.25) is 0 Å². The molecule has 0 saturated heterocycles. The predicted octanol–water partition coefficient (Wildman–Crippen LogP) is -0.0543. The lowest BCUT2D eigenvalue weighted by atomic mass is 10.2. The Morgan fingerprint density at radius 1 is 1.40 bits per heavy atom. The standard InChI is InChI=1S/C9H14N6/c1-7-8(5-14(2)12-7)9-6-15(4-3-10)13-11-9/h5-6H,3-4,10H2,1-2H3. The van der Waals surface area contributed by atoms with Crippen molar-refractivity contribution in [1.82, 2.24) is 24.8 Å². The van der Waals surface area contributed by atoms with Crippen LogP contribution >= 0.6 is 0 Å². The van der Waals surface area contributed by atoms with Gasteiger partial charge in [-0.2, -0.15) is 5.10 Å². The molecule has 15 heavy (non-hydrogen) atoms. The number of hydrogen-bond acceptors (Lipinski definition) is 4. The topological polar surface area (TPSA) is 74.5 Å². The van der Waals surface area contributed by atoms with Crippen LogP contribution in [0.4, 0.5) is 0 Å². The molecule has 2 aromatic rings. The number of hydrogen-bond donors (Lipinski definition) is 1. The number of nitrogens with zero attached hydrogens (tertiary/aromatic N) is 5. The molecule has 2 rings (SSSR count). The molecule has 0 aromatic carbocycles. The van der Waals surface area contributed by atoms with Gasteiger partial charge in [0, 0.05) is 25.4 Å². The van der Waals surface area contributed by atoms with Gasteiger partial charge in [0.1, 0.15) is 5.69 Å². The van der Waals surface area contributed by atoms with Crippen molar-refractivity contribution in [2.75, 3.05) is 6.54 Å². The van der Waals surface area contributed by atoms with E-state index in [1.54, 1.807) is 9.36 Å². The first-order chi connectivity index (χ1) is 7.20. The van der Waals surface area contributed by atoms with E-state index >= 15 is 0 Å². The highest BCUT2D eigenvalue weighted by molar-refractivity contribution is 5.59. The molecule has 0 aliphatic carbocycles. The van der Waals surface area contributed by atoms with Crippen LogP contribution < -0.4 is 5.73 Å². The minimum Gasteiger partial charge on any atom is -0.329 e. The molecule has 0 aliphatic rings. The molecule has 6 heteroatoms. The maximum atomic E-state index is 5.44. The molecule has 0 aliphatic heterocycles. The first-order valence-corrected chi connectivity index (χ1v) is 4.81. The zero-order valence-corrected chi connectivity index (χ0v) is 8.88. The molecule has 0 amide bonds. The lowest BCUT2D eigenvalue weighted by Crippen LogP contribution is -2.10. The Hall–Kier alpha value is -1.69. The van der Waals surface area contributed by atoms with Gasteiger partial charge in [0.15, 0.2) is 0 Å². The summed E-state index contributed by atoms with van der Waals surface area (Å²) in [6.45, 7) is 3.21. The fraction of sp³-hybridized carbons (Fsp3) is 0.444. The third-order valence-electron chi connectivity index (χ3n) is 2.19. The summed E-state index contributed by atoms with van der Waals surface area (Å²) in [6, 6.07) is 0. The third-order valence-corrected chi connectivity index (χ3v) is 2.19. The molecule has 80 valence electrons. The average molecular weight is 206 g/mol. The molecule has 6 nitrogen and oxygen atoms in total. The summed E-state index contributed by atoms with van der Waals surface area (Å²) < 4.78 is 3.51. The van der Waals surface area contributed by atoms with Gasteiger partial charge in [0.25, 0.3) is 0 Å². The minimum atomic E-state index is 0.564. The second-order valence-corrected chi connectivity index (χ2v) is 3.46. The molecule has 0 saturated carbocycles. The van der Waals surface area contributed by atoms with Gasteiger partial charge in [0.05, 0.1) is 18.4 Å². The van der Waals surface area contributed by atoms with Gasteiger partial charge in [-0.25, -0.2) is 0 Å².